The van der Waals surface area contributed by atoms with E-state index in [1.165, 1.54) is 0 Å². The lowest BCUT2D eigenvalue weighted by Gasteiger charge is -2.33. The molecular weight excluding hydrogens is 380 g/mol. The zero-order chi connectivity index (χ0) is 21.7. The van der Waals surface area contributed by atoms with Gasteiger partial charge in [0.25, 0.3) is 5.91 Å². The minimum atomic E-state index is -0.808. The molecule has 1 saturated heterocycles. The topological polar surface area (TPSA) is 81.8 Å². The molecule has 7 heteroatoms. The molecule has 1 heterocycles. The van der Waals surface area contributed by atoms with Gasteiger partial charge in [0.05, 0.1) is 6.04 Å². The maximum Gasteiger partial charge on any atom is 0.325 e. The molecule has 7 nitrogen and oxygen atoms in total. The molecule has 164 valence electrons. The van der Waals surface area contributed by atoms with Crippen LogP contribution in [-0.2, 0) is 9.59 Å². The number of nitrogens with zero attached hydrogens (tertiary/aromatic N) is 2. The Morgan fingerprint density at radius 1 is 1.20 bits per heavy atom. The first-order valence-corrected chi connectivity index (χ1v) is 11.1. The monoisotopic (exact) mass is 414 g/mol. The summed E-state index contributed by atoms with van der Waals surface area (Å²) in [5.74, 6) is -0.00149. The third kappa shape index (κ3) is 4.67. The normalized spacial score (nSPS) is 24.9. The maximum absolute atomic E-state index is 12.9. The van der Waals surface area contributed by atoms with Gasteiger partial charge in [0.2, 0.25) is 5.91 Å². The Bertz CT molecular complexity index is 755. The molecule has 1 spiro atoms. The van der Waals surface area contributed by atoms with Crippen LogP contribution in [0.4, 0.5) is 4.79 Å². The number of amides is 4. The van der Waals surface area contributed by atoms with E-state index in [9.17, 15) is 14.4 Å². The van der Waals surface area contributed by atoms with Gasteiger partial charge in [0, 0.05) is 6.54 Å². The average molecular weight is 415 g/mol. The highest BCUT2D eigenvalue weighted by atomic mass is 16.2. The van der Waals surface area contributed by atoms with Crippen molar-refractivity contribution in [2.24, 2.45) is 5.92 Å². The molecule has 1 aromatic carbocycles. The number of nitrogens with one attached hydrogen (secondary N) is 2. The fraction of sp³-hybridized carbons (Fsp3) is 0.609. The van der Waals surface area contributed by atoms with Gasteiger partial charge in [0.1, 0.15) is 12.1 Å². The molecule has 2 aliphatic rings. The van der Waals surface area contributed by atoms with Crippen molar-refractivity contribution in [3.8, 4) is 0 Å². The second kappa shape index (κ2) is 9.60. The van der Waals surface area contributed by atoms with E-state index in [1.807, 2.05) is 18.2 Å². The third-order valence-corrected chi connectivity index (χ3v) is 6.61. The second-order valence-corrected chi connectivity index (χ2v) is 8.54. The van der Waals surface area contributed by atoms with Crippen molar-refractivity contribution in [3.63, 3.8) is 0 Å². The van der Waals surface area contributed by atoms with Crippen LogP contribution in [0.3, 0.4) is 0 Å². The van der Waals surface area contributed by atoms with Crippen molar-refractivity contribution in [1.29, 1.82) is 0 Å². The minimum Gasteiger partial charge on any atom is -0.353 e. The number of hydrogen-bond acceptors (Lipinski definition) is 4. The van der Waals surface area contributed by atoms with E-state index >= 15 is 0 Å². The Balaban J connectivity index is 1.61. The van der Waals surface area contributed by atoms with Crippen LogP contribution in [0.1, 0.15) is 58.1 Å². The van der Waals surface area contributed by atoms with Crippen LogP contribution in [0.5, 0.6) is 0 Å². The first-order valence-electron chi connectivity index (χ1n) is 11.1. The first kappa shape index (κ1) is 22.3. The van der Waals surface area contributed by atoms with Gasteiger partial charge in [-0.3, -0.25) is 19.4 Å². The molecule has 30 heavy (non-hydrogen) atoms. The molecule has 3 rings (SSSR count). The predicted molar refractivity (Wildman–Crippen MR) is 116 cm³/mol. The van der Waals surface area contributed by atoms with Crippen LogP contribution in [-0.4, -0.2) is 59.4 Å². The zero-order valence-corrected chi connectivity index (χ0v) is 18.3. The summed E-state index contributed by atoms with van der Waals surface area (Å²) >= 11 is 0. The molecule has 1 saturated carbocycles. The van der Waals surface area contributed by atoms with Crippen LogP contribution >= 0.6 is 0 Å². The van der Waals surface area contributed by atoms with E-state index in [2.05, 4.69) is 48.4 Å². The molecule has 1 unspecified atom stereocenters. The van der Waals surface area contributed by atoms with Crippen LogP contribution in [0.15, 0.2) is 30.3 Å². The summed E-state index contributed by atoms with van der Waals surface area (Å²) in [5.41, 5.74) is 0.323. The largest absolute Gasteiger partial charge is 0.353 e. The lowest BCUT2D eigenvalue weighted by atomic mass is 9.77. The lowest BCUT2D eigenvalue weighted by molar-refractivity contribution is -0.136. The standard InChI is InChI=1S/C23H34N4O3/c1-4-26(5-2)19(18-9-7-6-8-10-18)15-24-20(28)16-27-21(29)23(25-22(27)30)13-11-17(3)12-14-23/h6-10,17,19H,4-5,11-16H2,1-3H3,(H,24,28)(H,25,30). The number of urea groups is 1. The molecule has 1 aromatic rings. The van der Waals surface area contributed by atoms with E-state index in [-0.39, 0.29) is 24.4 Å². The molecule has 0 radical (unpaired) electrons. The Labute approximate surface area is 179 Å². The number of benzene rings is 1. The van der Waals surface area contributed by atoms with Gasteiger partial charge in [-0.25, -0.2) is 4.79 Å². The van der Waals surface area contributed by atoms with E-state index in [1.54, 1.807) is 0 Å². The summed E-state index contributed by atoms with van der Waals surface area (Å²) in [6.45, 7) is 8.27. The van der Waals surface area contributed by atoms with Crippen LogP contribution in [0, 0.1) is 5.92 Å². The van der Waals surface area contributed by atoms with Crippen LogP contribution in [0.25, 0.3) is 0 Å². The first-order chi connectivity index (χ1) is 14.4. The van der Waals surface area contributed by atoms with Gasteiger partial charge in [-0.05, 0) is 50.3 Å². The summed E-state index contributed by atoms with van der Waals surface area (Å²) in [6.07, 6.45) is 3.12. The quantitative estimate of drug-likeness (QED) is 0.641. The number of rotatable bonds is 8. The number of imide groups is 1. The maximum atomic E-state index is 12.9. The number of hydrogen-bond donors (Lipinski definition) is 2. The van der Waals surface area contributed by atoms with E-state index in [0.29, 0.717) is 25.3 Å². The van der Waals surface area contributed by atoms with Gasteiger partial charge in [-0.2, -0.15) is 0 Å². The molecule has 1 aliphatic heterocycles. The van der Waals surface area contributed by atoms with Gasteiger partial charge < -0.3 is 10.6 Å². The Hall–Kier alpha value is -2.41. The smallest absolute Gasteiger partial charge is 0.325 e. The van der Waals surface area contributed by atoms with Crippen molar-refractivity contribution in [2.45, 2.75) is 58.0 Å². The van der Waals surface area contributed by atoms with Gasteiger partial charge in [-0.1, -0.05) is 51.1 Å². The summed E-state index contributed by atoms with van der Waals surface area (Å²) in [5, 5.41) is 5.81. The predicted octanol–water partition coefficient (Wildman–Crippen LogP) is 2.69. The highest BCUT2D eigenvalue weighted by Crippen LogP contribution is 2.36. The van der Waals surface area contributed by atoms with Crippen LogP contribution < -0.4 is 10.6 Å². The Kier molecular flexibility index (Phi) is 7.13. The van der Waals surface area contributed by atoms with E-state index < -0.39 is 11.6 Å². The minimum absolute atomic E-state index is 0.0411. The van der Waals surface area contributed by atoms with Crippen LogP contribution in [0.2, 0.25) is 0 Å². The summed E-state index contributed by atoms with van der Waals surface area (Å²) < 4.78 is 0. The molecule has 0 bridgehead atoms. The molecule has 2 N–H and O–H groups in total. The van der Waals surface area contributed by atoms with Gasteiger partial charge in [-0.15, -0.1) is 0 Å². The number of carbonyl (C=O) groups excluding carboxylic acids is 3. The van der Waals surface area contributed by atoms with E-state index in [0.717, 1.165) is 36.4 Å². The molecule has 1 atom stereocenters. The number of likely N-dealkylation sites (N-methyl/N-ethyl adjacent to an activating group) is 1. The lowest BCUT2D eigenvalue weighted by Crippen LogP contribution is -2.50. The molecule has 4 amide bonds. The Morgan fingerprint density at radius 3 is 2.43 bits per heavy atom. The average Bonchev–Trinajstić information content (AvgIpc) is 2.98. The van der Waals surface area contributed by atoms with Crippen molar-refractivity contribution in [2.75, 3.05) is 26.2 Å². The van der Waals surface area contributed by atoms with Crippen molar-refractivity contribution in [1.82, 2.24) is 20.4 Å². The van der Waals surface area contributed by atoms with Gasteiger partial charge in [0.15, 0.2) is 0 Å². The Morgan fingerprint density at radius 2 is 1.83 bits per heavy atom. The molecule has 0 aromatic heterocycles. The van der Waals surface area contributed by atoms with Gasteiger partial charge >= 0.3 is 6.03 Å². The third-order valence-electron chi connectivity index (χ3n) is 6.61. The van der Waals surface area contributed by atoms with Crippen molar-refractivity contribution < 1.29 is 14.4 Å². The molecule has 2 fully saturated rings. The number of carbonyl (C=O) groups is 3. The summed E-state index contributed by atoms with van der Waals surface area (Å²) in [6, 6.07) is 9.66. The highest BCUT2D eigenvalue weighted by molar-refractivity contribution is 6.09. The molecule has 1 aliphatic carbocycles. The fourth-order valence-electron chi connectivity index (χ4n) is 4.62. The van der Waals surface area contributed by atoms with Crippen molar-refractivity contribution in [3.05, 3.63) is 35.9 Å². The molecular formula is C23H34N4O3. The fourth-order valence-corrected chi connectivity index (χ4v) is 4.62. The second-order valence-electron chi connectivity index (χ2n) is 8.54. The summed E-state index contributed by atoms with van der Waals surface area (Å²) in [4.78, 5) is 41.4. The zero-order valence-electron chi connectivity index (χ0n) is 18.3. The SMILES string of the molecule is CCN(CC)C(CNC(=O)CN1C(=O)NC2(CCC(C)CC2)C1=O)c1ccccc1. The summed E-state index contributed by atoms with van der Waals surface area (Å²) in [7, 11) is 0. The van der Waals surface area contributed by atoms with E-state index in [4.69, 9.17) is 0 Å². The highest BCUT2D eigenvalue weighted by Gasteiger charge is 2.52. The van der Waals surface area contributed by atoms with Crippen molar-refractivity contribution >= 4 is 17.8 Å².